The number of benzene rings is 1. The highest BCUT2D eigenvalue weighted by atomic mass is 127. The number of likely N-dealkylation sites (tertiary alicyclic amines) is 1. The zero-order valence-electron chi connectivity index (χ0n) is 18.2. The molecule has 2 saturated heterocycles. The van der Waals surface area contributed by atoms with Gasteiger partial charge in [-0.3, -0.25) is 4.90 Å². The van der Waals surface area contributed by atoms with Crippen molar-refractivity contribution in [2.75, 3.05) is 52.5 Å². The van der Waals surface area contributed by atoms with E-state index >= 15 is 0 Å². The molecule has 2 N–H and O–H groups in total. The first-order valence-corrected chi connectivity index (χ1v) is 11.4. The second kappa shape index (κ2) is 11.5. The first kappa shape index (κ1) is 23.6. The lowest BCUT2D eigenvalue weighted by atomic mass is 9.88. The highest BCUT2D eigenvalue weighted by molar-refractivity contribution is 14.0. The van der Waals surface area contributed by atoms with Gasteiger partial charge in [-0.25, -0.2) is 4.99 Å². The van der Waals surface area contributed by atoms with Crippen LogP contribution < -0.4 is 5.32 Å². The molecule has 1 aromatic carbocycles. The van der Waals surface area contributed by atoms with E-state index in [1.165, 1.54) is 30.4 Å². The third kappa shape index (κ3) is 5.79. The summed E-state index contributed by atoms with van der Waals surface area (Å²) in [6.07, 6.45) is 5.87. The van der Waals surface area contributed by atoms with Crippen molar-refractivity contribution in [1.82, 2.24) is 15.1 Å². The van der Waals surface area contributed by atoms with Gasteiger partial charge in [0.2, 0.25) is 0 Å². The van der Waals surface area contributed by atoms with Crippen LogP contribution in [-0.2, 0) is 24.1 Å². The van der Waals surface area contributed by atoms with Crippen LogP contribution in [0.3, 0.4) is 0 Å². The first-order valence-electron chi connectivity index (χ1n) is 11.4. The van der Waals surface area contributed by atoms with Gasteiger partial charge in [0.1, 0.15) is 5.75 Å². The second-order valence-corrected chi connectivity index (χ2v) is 8.59. The first-order chi connectivity index (χ1) is 14.2. The maximum atomic E-state index is 10.5. The minimum atomic E-state index is 0. The Balaban J connectivity index is 0.00000256. The van der Waals surface area contributed by atoms with E-state index in [-0.39, 0.29) is 24.0 Å². The number of nitrogens with one attached hydrogen (secondary N) is 1. The molecule has 0 aromatic heterocycles. The van der Waals surface area contributed by atoms with Crippen molar-refractivity contribution in [3.05, 3.63) is 28.8 Å². The lowest BCUT2D eigenvalue weighted by Gasteiger charge is -2.29. The molecule has 30 heavy (non-hydrogen) atoms. The Labute approximate surface area is 198 Å². The third-order valence-corrected chi connectivity index (χ3v) is 6.55. The topological polar surface area (TPSA) is 60.3 Å². The van der Waals surface area contributed by atoms with Gasteiger partial charge in [0.15, 0.2) is 5.96 Å². The Kier molecular flexibility index (Phi) is 9.07. The van der Waals surface area contributed by atoms with Gasteiger partial charge in [-0.15, -0.1) is 24.0 Å². The van der Waals surface area contributed by atoms with Gasteiger partial charge in [0, 0.05) is 44.8 Å². The largest absolute Gasteiger partial charge is 0.508 e. The predicted octanol–water partition coefficient (Wildman–Crippen LogP) is 3.01. The molecule has 1 aromatic rings. The smallest absolute Gasteiger partial charge is 0.194 e. The summed E-state index contributed by atoms with van der Waals surface area (Å²) in [6, 6.07) is 3.95. The van der Waals surface area contributed by atoms with Crippen molar-refractivity contribution in [3.8, 4) is 5.75 Å². The molecule has 4 rings (SSSR count). The highest BCUT2D eigenvalue weighted by Gasteiger charge is 2.27. The fourth-order valence-corrected chi connectivity index (χ4v) is 4.97. The second-order valence-electron chi connectivity index (χ2n) is 8.59. The van der Waals surface area contributed by atoms with Crippen molar-refractivity contribution in [3.63, 3.8) is 0 Å². The molecule has 0 spiro atoms. The Morgan fingerprint density at radius 1 is 1.20 bits per heavy atom. The molecule has 2 heterocycles. The standard InChI is InChI=1S/C23H36N4O2.HI/c1-2-24-23(27-10-9-18(17-27)16-26-11-13-29-14-12-26)25-15-21-20-6-4-3-5-19(20)7-8-22(21)28;/h7-8,18,28H,2-6,9-17H2,1H3,(H,24,25);1H. The minimum Gasteiger partial charge on any atom is -0.508 e. The number of ether oxygens (including phenoxy) is 1. The maximum absolute atomic E-state index is 10.5. The summed E-state index contributed by atoms with van der Waals surface area (Å²) in [5.74, 6) is 2.08. The van der Waals surface area contributed by atoms with Crippen LogP contribution in [0.1, 0.15) is 42.9 Å². The molecule has 6 nitrogen and oxygen atoms in total. The van der Waals surface area contributed by atoms with Crippen LogP contribution in [0.5, 0.6) is 5.75 Å². The molecule has 0 bridgehead atoms. The summed E-state index contributed by atoms with van der Waals surface area (Å²) in [5.41, 5.74) is 3.76. The van der Waals surface area contributed by atoms with Crippen LogP contribution in [-0.4, -0.2) is 73.3 Å². The third-order valence-electron chi connectivity index (χ3n) is 6.55. The predicted molar refractivity (Wildman–Crippen MR) is 132 cm³/mol. The van der Waals surface area contributed by atoms with E-state index in [2.05, 4.69) is 28.1 Å². The van der Waals surface area contributed by atoms with E-state index in [0.717, 1.165) is 76.8 Å². The molecular weight excluding hydrogens is 491 g/mol. The van der Waals surface area contributed by atoms with E-state index in [1.807, 2.05) is 6.07 Å². The number of hydrogen-bond donors (Lipinski definition) is 2. The number of hydrogen-bond acceptors (Lipinski definition) is 4. The van der Waals surface area contributed by atoms with Gasteiger partial charge in [0.05, 0.1) is 19.8 Å². The fraction of sp³-hybridized carbons (Fsp3) is 0.696. The molecule has 1 atom stereocenters. The van der Waals surface area contributed by atoms with E-state index in [4.69, 9.17) is 9.73 Å². The van der Waals surface area contributed by atoms with E-state index < -0.39 is 0 Å². The molecule has 2 aliphatic heterocycles. The van der Waals surface area contributed by atoms with E-state index in [0.29, 0.717) is 18.2 Å². The van der Waals surface area contributed by atoms with Crippen LogP contribution in [0.25, 0.3) is 0 Å². The van der Waals surface area contributed by atoms with Crippen LogP contribution in [0.2, 0.25) is 0 Å². The summed E-state index contributed by atoms with van der Waals surface area (Å²) in [7, 11) is 0. The molecule has 0 amide bonds. The van der Waals surface area contributed by atoms with Crippen molar-refractivity contribution in [2.45, 2.75) is 45.6 Å². The maximum Gasteiger partial charge on any atom is 0.194 e. The molecule has 1 unspecified atom stereocenters. The SMILES string of the molecule is CCNC(=NCc1c(O)ccc2c1CCCC2)N1CCC(CN2CCOCC2)C1.I. The summed E-state index contributed by atoms with van der Waals surface area (Å²) < 4.78 is 5.48. The minimum absolute atomic E-state index is 0. The Bertz CT molecular complexity index is 721. The zero-order valence-corrected chi connectivity index (χ0v) is 20.6. The van der Waals surface area contributed by atoms with E-state index in [9.17, 15) is 5.11 Å². The number of nitrogens with zero attached hydrogens (tertiary/aromatic N) is 3. The average molecular weight is 528 g/mol. The van der Waals surface area contributed by atoms with Gasteiger partial charge in [-0.2, -0.15) is 0 Å². The number of phenolic OH excluding ortho intramolecular Hbond substituents is 1. The Morgan fingerprint density at radius 3 is 2.80 bits per heavy atom. The number of guanidine groups is 1. The Morgan fingerprint density at radius 2 is 2.00 bits per heavy atom. The molecule has 168 valence electrons. The number of halogens is 1. The number of aryl methyl sites for hydroxylation is 1. The van der Waals surface area contributed by atoms with Crippen LogP contribution in [0.4, 0.5) is 0 Å². The molecule has 7 heteroatoms. The normalized spacial score (nSPS) is 22.5. The monoisotopic (exact) mass is 528 g/mol. The van der Waals surface area contributed by atoms with E-state index in [1.54, 1.807) is 0 Å². The lowest BCUT2D eigenvalue weighted by molar-refractivity contribution is 0.0315. The quantitative estimate of drug-likeness (QED) is 0.350. The fourth-order valence-electron chi connectivity index (χ4n) is 4.97. The molecule has 0 saturated carbocycles. The van der Waals surface area contributed by atoms with Crippen molar-refractivity contribution < 1.29 is 9.84 Å². The van der Waals surface area contributed by atoms with Crippen LogP contribution >= 0.6 is 24.0 Å². The molecule has 2 fully saturated rings. The summed E-state index contributed by atoms with van der Waals surface area (Å²) in [5, 5.41) is 14.0. The molecule has 0 radical (unpaired) electrons. The average Bonchev–Trinajstić information content (AvgIpc) is 3.21. The highest BCUT2D eigenvalue weighted by Crippen LogP contribution is 2.31. The van der Waals surface area contributed by atoms with Gasteiger partial charge >= 0.3 is 0 Å². The summed E-state index contributed by atoms with van der Waals surface area (Å²) in [4.78, 5) is 9.90. The number of rotatable bonds is 5. The number of aliphatic imine (C=N–C) groups is 1. The number of morpholine rings is 1. The number of aromatic hydroxyl groups is 1. The van der Waals surface area contributed by atoms with Crippen molar-refractivity contribution in [2.24, 2.45) is 10.9 Å². The Hall–Kier alpha value is -1.06. The number of fused-ring (bicyclic) bond motifs is 1. The van der Waals surface area contributed by atoms with Crippen molar-refractivity contribution in [1.29, 1.82) is 0 Å². The van der Waals surface area contributed by atoms with Crippen LogP contribution in [0.15, 0.2) is 17.1 Å². The summed E-state index contributed by atoms with van der Waals surface area (Å²) >= 11 is 0. The van der Waals surface area contributed by atoms with Gasteiger partial charge in [0.25, 0.3) is 0 Å². The zero-order chi connectivity index (χ0) is 20.1. The summed E-state index contributed by atoms with van der Waals surface area (Å²) in [6.45, 7) is 10.7. The van der Waals surface area contributed by atoms with Crippen LogP contribution in [0, 0.1) is 5.92 Å². The van der Waals surface area contributed by atoms with Gasteiger partial charge < -0.3 is 20.1 Å². The van der Waals surface area contributed by atoms with Crippen molar-refractivity contribution >= 4 is 29.9 Å². The number of phenols is 1. The molecular formula is C23H37IN4O2. The lowest BCUT2D eigenvalue weighted by Crippen LogP contribution is -2.42. The van der Waals surface area contributed by atoms with Gasteiger partial charge in [-0.1, -0.05) is 6.07 Å². The molecule has 1 aliphatic carbocycles. The van der Waals surface area contributed by atoms with Gasteiger partial charge in [-0.05, 0) is 62.1 Å². The molecule has 3 aliphatic rings.